The Morgan fingerprint density at radius 1 is 0.945 bits per heavy atom. The number of hydrogen-bond donors (Lipinski definition) is 4. The average molecular weight is 1000 g/mol. The van der Waals surface area contributed by atoms with Crippen molar-refractivity contribution in [2.75, 3.05) is 26.4 Å². The Kier molecular flexibility index (Phi) is 9.42. The standard InChI is InChI=1S/C60H78N2O11/c1-30(31-8-4-5-9-31)37-11-7-17-58-41(37)22-36-21-35-10-6-16-56(35)25-34-24-54(2)50(39-15-19-69-44(39)23-40(43(64)27-63)32-12-13-38-33(20-32)14-18-62-29-61-26-42(38)62)71-53(68)51-60(54,72-51)55(3)46(34)57(47(58)45(65)49(55)66)28-70-52(67)48(56)59(36,57)73-58/h14-15,18-19,22,30-35,37-38,40-43,46-51,61,63-64,66H,4-13,16-17,20-21,23-29H2,1-3H3. The minimum atomic E-state index is -1.47. The van der Waals surface area contributed by atoms with E-state index in [0.717, 1.165) is 83.0 Å². The lowest BCUT2D eigenvalue weighted by atomic mass is 9.32. The molecule has 8 aliphatic carbocycles. The van der Waals surface area contributed by atoms with Crippen LogP contribution in [0.3, 0.4) is 0 Å². The molecule has 394 valence electrons. The van der Waals surface area contributed by atoms with Gasteiger partial charge in [0.1, 0.15) is 35.8 Å². The van der Waals surface area contributed by atoms with Crippen molar-refractivity contribution in [1.82, 2.24) is 10.2 Å². The number of esters is 2. The number of allylic oxidation sites excluding steroid dienone is 1. The van der Waals surface area contributed by atoms with Crippen molar-refractivity contribution in [3.63, 3.8) is 0 Å². The maximum atomic E-state index is 16.5. The molecule has 7 aliphatic heterocycles. The van der Waals surface area contributed by atoms with Crippen LogP contribution in [0.15, 0.2) is 40.7 Å². The highest BCUT2D eigenvalue weighted by molar-refractivity contribution is 5.94. The first-order valence-electron chi connectivity index (χ1n) is 29.4. The first-order chi connectivity index (χ1) is 35.2. The SMILES string of the molecule is CC(C1CCCC1)C1CCCC23OC45C(=CC12)CC1CCCC12CC1CC6(C)C(c7ccoc7CC(C(O)CO)C7CCC8C(C=CN9CNCC89)C7)OC(=O)C7OC76C6(C)C(O)C(=O)C3C4(COC(=O)C25)C16. The topological polar surface area (TPSA) is 181 Å². The lowest BCUT2D eigenvalue weighted by Gasteiger charge is -2.70. The molecule has 4 N–H and O–H groups in total. The van der Waals surface area contributed by atoms with Crippen LogP contribution in [0.2, 0.25) is 0 Å². The maximum absolute atomic E-state index is 16.5. The van der Waals surface area contributed by atoms with Gasteiger partial charge in [0.05, 0.1) is 48.5 Å². The summed E-state index contributed by atoms with van der Waals surface area (Å²) in [5.74, 6) is 0.480. The number of rotatable bonds is 8. The van der Waals surface area contributed by atoms with Crippen LogP contribution in [0.25, 0.3) is 0 Å². The van der Waals surface area contributed by atoms with Gasteiger partial charge in [-0.15, -0.1) is 0 Å². The number of nitrogens with one attached hydrogen (secondary N) is 1. The van der Waals surface area contributed by atoms with Crippen molar-refractivity contribution in [1.29, 1.82) is 0 Å². The molecule has 1 aromatic rings. The van der Waals surface area contributed by atoms with Gasteiger partial charge in [0, 0.05) is 41.3 Å². The number of hydrogen-bond acceptors (Lipinski definition) is 13. The van der Waals surface area contributed by atoms with Crippen LogP contribution in [0.5, 0.6) is 0 Å². The van der Waals surface area contributed by atoms with Gasteiger partial charge >= 0.3 is 11.9 Å². The molecule has 24 unspecified atom stereocenters. The zero-order chi connectivity index (χ0) is 49.6. The maximum Gasteiger partial charge on any atom is 0.339 e. The van der Waals surface area contributed by atoms with Crippen LogP contribution in [0.4, 0.5) is 0 Å². The third-order valence-electron chi connectivity index (χ3n) is 26.3. The average Bonchev–Trinajstić information content (AvgIpc) is 4.11. The Morgan fingerprint density at radius 3 is 2.62 bits per heavy atom. The molecule has 0 amide bonds. The van der Waals surface area contributed by atoms with Crippen molar-refractivity contribution in [3.05, 3.63) is 47.6 Å². The van der Waals surface area contributed by atoms with Crippen molar-refractivity contribution < 1.29 is 53.1 Å². The van der Waals surface area contributed by atoms with Gasteiger partial charge in [-0.2, -0.15) is 0 Å². The van der Waals surface area contributed by atoms with Gasteiger partial charge in [-0.25, -0.2) is 4.79 Å². The van der Waals surface area contributed by atoms with E-state index in [2.05, 4.69) is 49.3 Å². The van der Waals surface area contributed by atoms with Crippen LogP contribution >= 0.6 is 0 Å². The first-order valence-corrected chi connectivity index (χ1v) is 29.4. The Morgan fingerprint density at radius 2 is 1.78 bits per heavy atom. The van der Waals surface area contributed by atoms with E-state index in [-0.39, 0.29) is 60.5 Å². The van der Waals surface area contributed by atoms with Crippen LogP contribution in [-0.2, 0) is 39.8 Å². The van der Waals surface area contributed by atoms with Gasteiger partial charge in [-0.1, -0.05) is 71.4 Å². The van der Waals surface area contributed by atoms with Gasteiger partial charge < -0.3 is 43.6 Å². The lowest BCUT2D eigenvalue weighted by Crippen LogP contribution is -2.80. The largest absolute Gasteiger partial charge is 0.469 e. The van der Waals surface area contributed by atoms with Crippen LogP contribution < -0.4 is 5.32 Å². The summed E-state index contributed by atoms with van der Waals surface area (Å²) in [5, 5.41) is 39.6. The molecule has 0 aromatic carbocycles. The Labute approximate surface area is 429 Å². The van der Waals surface area contributed by atoms with E-state index in [1.807, 2.05) is 6.07 Å². The fourth-order valence-electron chi connectivity index (χ4n) is 24.0. The van der Waals surface area contributed by atoms with Gasteiger partial charge in [-0.05, 0) is 147 Å². The summed E-state index contributed by atoms with van der Waals surface area (Å²) in [6.45, 7) is 8.30. The number of aliphatic hydroxyl groups is 3. The molecule has 15 aliphatic rings. The van der Waals surface area contributed by atoms with E-state index in [0.29, 0.717) is 60.7 Å². The highest BCUT2D eigenvalue weighted by Gasteiger charge is 2.97. The Bertz CT molecular complexity index is 2630. The quantitative estimate of drug-likeness (QED) is 0.119. The summed E-state index contributed by atoms with van der Waals surface area (Å²) in [7, 11) is 0. The zero-order valence-corrected chi connectivity index (χ0v) is 43.2. The highest BCUT2D eigenvalue weighted by Crippen LogP contribution is 2.89. The minimum Gasteiger partial charge on any atom is -0.469 e. The normalized spacial score (nSPS) is 54.4. The molecule has 5 spiro atoms. The molecular formula is C60H78N2O11. The summed E-state index contributed by atoms with van der Waals surface area (Å²) >= 11 is 0. The number of cyclic esters (lactones) is 2. The predicted octanol–water partition coefficient (Wildman–Crippen LogP) is 6.97. The van der Waals surface area contributed by atoms with Crippen LogP contribution in [0, 0.1) is 98.6 Å². The predicted molar refractivity (Wildman–Crippen MR) is 262 cm³/mol. The molecule has 0 radical (unpaired) electrons. The number of nitrogens with zero attached hydrogens (tertiary/aromatic N) is 1. The van der Waals surface area contributed by atoms with Gasteiger partial charge in [0.25, 0.3) is 0 Å². The number of ketones is 1. The van der Waals surface area contributed by atoms with E-state index < -0.39 is 80.7 Å². The third kappa shape index (κ3) is 5.11. The number of aliphatic hydroxyl groups excluding tert-OH is 3. The summed E-state index contributed by atoms with van der Waals surface area (Å²) < 4.78 is 35.4. The number of epoxide rings is 1. The molecule has 5 saturated heterocycles. The monoisotopic (exact) mass is 1000 g/mol. The molecule has 24 atom stereocenters. The molecule has 13 nitrogen and oxygen atoms in total. The fourth-order valence-corrected chi connectivity index (χ4v) is 24.0. The molecule has 5 bridgehead atoms. The van der Waals surface area contributed by atoms with E-state index in [9.17, 15) is 20.1 Å². The van der Waals surface area contributed by atoms with Gasteiger partial charge in [-0.3, -0.25) is 14.9 Å². The van der Waals surface area contributed by atoms with E-state index in [4.69, 9.17) is 23.4 Å². The summed E-state index contributed by atoms with van der Waals surface area (Å²) in [6.07, 6.45) is 20.7. The molecule has 1 aromatic heterocycles. The molecule has 13 fully saturated rings. The highest BCUT2D eigenvalue weighted by atomic mass is 16.7. The van der Waals surface area contributed by atoms with Crippen LogP contribution in [-0.4, -0.2) is 106 Å². The summed E-state index contributed by atoms with van der Waals surface area (Å²) in [6, 6.07) is 2.40. The number of ether oxygens (including phenoxy) is 4. The second kappa shape index (κ2) is 14.9. The second-order valence-electron chi connectivity index (χ2n) is 28.1. The number of fused-ring (bicyclic) bond motifs is 3. The first kappa shape index (κ1) is 46.1. The van der Waals surface area contributed by atoms with Crippen molar-refractivity contribution in [2.45, 2.75) is 177 Å². The minimum absolute atomic E-state index is 0.00390. The molecule has 13 heteroatoms. The third-order valence-corrected chi connectivity index (χ3v) is 26.3. The Hall–Kier alpha value is -3.07. The Balaban J connectivity index is 0.830. The number of carbonyl (C=O) groups excluding carboxylic acids is 3. The summed E-state index contributed by atoms with van der Waals surface area (Å²) in [5.41, 5.74) is -4.88. The second-order valence-corrected chi connectivity index (χ2v) is 28.1. The van der Waals surface area contributed by atoms with Crippen molar-refractivity contribution in [3.8, 4) is 0 Å². The molecular weight excluding hydrogens is 925 g/mol. The molecule has 8 saturated carbocycles. The van der Waals surface area contributed by atoms with Crippen molar-refractivity contribution in [2.24, 2.45) is 98.6 Å². The number of carbonyl (C=O) groups is 3. The fraction of sp³-hybridized carbons (Fsp3) is 0.817. The summed E-state index contributed by atoms with van der Waals surface area (Å²) in [4.78, 5) is 49.2. The number of furan rings is 1. The van der Waals surface area contributed by atoms with E-state index in [1.165, 1.54) is 31.3 Å². The molecule has 16 rings (SSSR count). The molecule has 8 heterocycles. The lowest BCUT2D eigenvalue weighted by molar-refractivity contribution is -0.281. The van der Waals surface area contributed by atoms with Crippen LogP contribution in [0.1, 0.15) is 141 Å². The van der Waals surface area contributed by atoms with E-state index in [1.54, 1.807) is 6.26 Å². The van der Waals surface area contributed by atoms with Crippen molar-refractivity contribution >= 4 is 17.7 Å². The van der Waals surface area contributed by atoms with Gasteiger partial charge in [0.15, 0.2) is 11.9 Å². The smallest absolute Gasteiger partial charge is 0.339 e. The molecule has 73 heavy (non-hydrogen) atoms. The van der Waals surface area contributed by atoms with Gasteiger partial charge in [0.2, 0.25) is 0 Å². The zero-order valence-electron chi connectivity index (χ0n) is 43.2. The number of Topliss-reactive ketones (excluding diaryl/α,β-unsaturated/α-hetero) is 1. The van der Waals surface area contributed by atoms with E-state index >= 15 is 9.59 Å².